The molecule has 7 heteroatoms. The molecule has 0 aliphatic heterocycles. The Bertz CT molecular complexity index is 727. The van der Waals surface area contributed by atoms with E-state index in [2.05, 4.69) is 20.3 Å². The lowest BCUT2D eigenvalue weighted by atomic mass is 10.3. The zero-order valence-corrected chi connectivity index (χ0v) is 12.5. The largest absolute Gasteiger partial charge is 0.458 e. The third-order valence-electron chi connectivity index (χ3n) is 2.87. The van der Waals surface area contributed by atoms with Gasteiger partial charge in [-0.25, -0.2) is 15.0 Å². The van der Waals surface area contributed by atoms with E-state index in [1.165, 1.54) is 11.3 Å². The second-order valence-electron chi connectivity index (χ2n) is 4.49. The minimum Gasteiger partial charge on any atom is -0.458 e. The van der Waals surface area contributed by atoms with Crippen LogP contribution < -0.4 is 5.32 Å². The molecule has 22 heavy (non-hydrogen) atoms. The fourth-order valence-electron chi connectivity index (χ4n) is 1.86. The number of carbonyl (C=O) groups excluding carboxylic acids is 1. The van der Waals surface area contributed by atoms with Gasteiger partial charge in [0, 0.05) is 18.9 Å². The predicted molar refractivity (Wildman–Crippen MR) is 84.6 cm³/mol. The molecule has 0 unspecified atom stereocenters. The molecular weight excluding hydrogens is 300 g/mol. The number of rotatable bonds is 6. The number of para-hydroxylation sites is 1. The van der Waals surface area contributed by atoms with Crippen LogP contribution in [0.5, 0.6) is 0 Å². The third kappa shape index (κ3) is 3.76. The average Bonchev–Trinajstić information content (AvgIpc) is 2.97. The summed E-state index contributed by atoms with van der Waals surface area (Å²) in [6.45, 7) is 0.642. The molecule has 0 amide bonds. The number of benzene rings is 1. The smallest absolute Gasteiger partial charge is 0.307 e. The van der Waals surface area contributed by atoms with Gasteiger partial charge in [0.05, 0.1) is 16.6 Å². The van der Waals surface area contributed by atoms with Crippen LogP contribution in [0.2, 0.25) is 0 Å². The van der Waals surface area contributed by atoms with Crippen molar-refractivity contribution in [1.29, 1.82) is 0 Å². The van der Waals surface area contributed by atoms with Gasteiger partial charge in [0.15, 0.2) is 0 Å². The number of ether oxygens (including phenoxy) is 1. The maximum absolute atomic E-state index is 11.7. The molecule has 2 aromatic heterocycles. The van der Waals surface area contributed by atoms with Crippen LogP contribution in [0.25, 0.3) is 10.2 Å². The first-order valence-corrected chi connectivity index (χ1v) is 7.64. The number of fused-ring (bicyclic) bond motifs is 1. The lowest BCUT2D eigenvalue weighted by Gasteiger charge is -2.04. The highest BCUT2D eigenvalue weighted by molar-refractivity contribution is 7.18. The Morgan fingerprint density at radius 3 is 2.82 bits per heavy atom. The Morgan fingerprint density at radius 1 is 1.18 bits per heavy atom. The number of carbonyl (C=O) groups is 1. The first kappa shape index (κ1) is 14.4. The van der Waals surface area contributed by atoms with Crippen molar-refractivity contribution in [3.8, 4) is 0 Å². The standard InChI is InChI=1S/C15H14N4O2S/c20-14(6-9-18-15-16-7-3-8-17-15)21-10-13-19-11-4-1-2-5-12(11)22-13/h1-5,7-8H,6,9-10H2,(H,16,17,18). The zero-order chi connectivity index (χ0) is 15.2. The number of anilines is 1. The van der Waals surface area contributed by atoms with Crippen molar-refractivity contribution >= 4 is 33.5 Å². The Hall–Kier alpha value is -2.54. The quantitative estimate of drug-likeness (QED) is 0.705. The van der Waals surface area contributed by atoms with Gasteiger partial charge in [-0.2, -0.15) is 0 Å². The summed E-state index contributed by atoms with van der Waals surface area (Å²) in [7, 11) is 0. The van der Waals surface area contributed by atoms with Gasteiger partial charge < -0.3 is 10.1 Å². The molecule has 0 bridgehead atoms. The first-order valence-electron chi connectivity index (χ1n) is 6.82. The SMILES string of the molecule is O=C(CCNc1ncccn1)OCc1nc2ccccc2s1. The van der Waals surface area contributed by atoms with Crippen molar-refractivity contribution in [3.05, 3.63) is 47.7 Å². The minimum absolute atomic E-state index is 0.208. The number of hydrogen-bond donors (Lipinski definition) is 1. The predicted octanol–water partition coefficient (Wildman–Crippen LogP) is 2.63. The number of esters is 1. The van der Waals surface area contributed by atoms with Crippen molar-refractivity contribution in [3.63, 3.8) is 0 Å². The summed E-state index contributed by atoms with van der Waals surface area (Å²) in [6.07, 6.45) is 3.53. The molecule has 1 aromatic carbocycles. The molecule has 0 saturated heterocycles. The Balaban J connectivity index is 1.44. The molecule has 0 spiro atoms. The minimum atomic E-state index is -0.275. The number of aromatic nitrogens is 3. The van der Waals surface area contributed by atoms with Gasteiger partial charge in [0.25, 0.3) is 0 Å². The van der Waals surface area contributed by atoms with Gasteiger partial charge in [0.2, 0.25) is 5.95 Å². The van der Waals surface area contributed by atoms with Gasteiger partial charge >= 0.3 is 5.97 Å². The Labute approximate surface area is 131 Å². The van der Waals surface area contributed by atoms with E-state index in [9.17, 15) is 4.79 Å². The highest BCUT2D eigenvalue weighted by atomic mass is 32.1. The average molecular weight is 314 g/mol. The van der Waals surface area contributed by atoms with Gasteiger partial charge in [-0.3, -0.25) is 4.79 Å². The summed E-state index contributed by atoms with van der Waals surface area (Å²) in [5.41, 5.74) is 0.932. The van der Waals surface area contributed by atoms with E-state index in [1.807, 2.05) is 24.3 Å². The summed E-state index contributed by atoms with van der Waals surface area (Å²) in [5, 5.41) is 3.76. The van der Waals surface area contributed by atoms with E-state index in [0.717, 1.165) is 15.2 Å². The van der Waals surface area contributed by atoms with Crippen LogP contribution in [0, 0.1) is 0 Å². The highest BCUT2D eigenvalue weighted by Gasteiger charge is 2.07. The molecule has 0 aliphatic rings. The summed E-state index contributed by atoms with van der Waals surface area (Å²) in [5.74, 6) is 0.226. The van der Waals surface area contributed by atoms with Crippen LogP contribution in [0.1, 0.15) is 11.4 Å². The van der Waals surface area contributed by atoms with Gasteiger partial charge in [-0.15, -0.1) is 11.3 Å². The van der Waals surface area contributed by atoms with E-state index in [4.69, 9.17) is 4.74 Å². The Kier molecular flexibility index (Phi) is 4.55. The van der Waals surface area contributed by atoms with Gasteiger partial charge in [-0.05, 0) is 18.2 Å². The summed E-state index contributed by atoms with van der Waals surface area (Å²) >= 11 is 1.54. The molecule has 0 atom stereocenters. The van der Waals surface area contributed by atoms with Gasteiger partial charge in [-0.1, -0.05) is 12.1 Å². The number of nitrogens with zero attached hydrogens (tertiary/aromatic N) is 3. The van der Waals surface area contributed by atoms with Crippen LogP contribution >= 0.6 is 11.3 Å². The molecular formula is C15H14N4O2S. The van der Waals surface area contributed by atoms with E-state index in [-0.39, 0.29) is 19.0 Å². The zero-order valence-electron chi connectivity index (χ0n) is 11.7. The molecule has 3 rings (SSSR count). The molecule has 3 aromatic rings. The Morgan fingerprint density at radius 2 is 2.00 bits per heavy atom. The van der Waals surface area contributed by atoms with E-state index in [0.29, 0.717) is 12.5 Å². The summed E-state index contributed by atoms with van der Waals surface area (Å²) < 4.78 is 6.32. The normalized spacial score (nSPS) is 10.5. The third-order valence-corrected chi connectivity index (χ3v) is 3.88. The molecule has 0 fully saturated rings. The van der Waals surface area contributed by atoms with Crippen LogP contribution in [-0.2, 0) is 16.1 Å². The first-order chi connectivity index (χ1) is 10.8. The number of thiazole rings is 1. The molecule has 112 valence electrons. The van der Waals surface area contributed by atoms with E-state index >= 15 is 0 Å². The monoisotopic (exact) mass is 314 g/mol. The fourth-order valence-corrected chi connectivity index (χ4v) is 2.74. The van der Waals surface area contributed by atoms with Crippen molar-refractivity contribution in [2.24, 2.45) is 0 Å². The maximum Gasteiger partial charge on any atom is 0.307 e. The summed E-state index contributed by atoms with van der Waals surface area (Å²) in [6, 6.07) is 9.59. The van der Waals surface area contributed by atoms with Crippen LogP contribution in [0.4, 0.5) is 5.95 Å². The van der Waals surface area contributed by atoms with Crippen molar-refractivity contribution in [1.82, 2.24) is 15.0 Å². The topological polar surface area (TPSA) is 77.0 Å². The molecule has 2 heterocycles. The molecule has 0 saturated carbocycles. The lowest BCUT2D eigenvalue weighted by Crippen LogP contribution is -2.12. The summed E-state index contributed by atoms with van der Waals surface area (Å²) in [4.78, 5) is 24.1. The molecule has 1 N–H and O–H groups in total. The lowest BCUT2D eigenvalue weighted by molar-refractivity contribution is -0.144. The number of hydrogen-bond acceptors (Lipinski definition) is 7. The maximum atomic E-state index is 11.7. The van der Waals surface area contributed by atoms with E-state index in [1.54, 1.807) is 18.5 Å². The molecule has 0 aliphatic carbocycles. The highest BCUT2D eigenvalue weighted by Crippen LogP contribution is 2.21. The second kappa shape index (κ2) is 6.95. The molecule has 0 radical (unpaired) electrons. The van der Waals surface area contributed by atoms with E-state index < -0.39 is 0 Å². The van der Waals surface area contributed by atoms with Gasteiger partial charge in [0.1, 0.15) is 11.6 Å². The van der Waals surface area contributed by atoms with Crippen LogP contribution in [0.15, 0.2) is 42.7 Å². The van der Waals surface area contributed by atoms with Crippen molar-refractivity contribution in [2.45, 2.75) is 13.0 Å². The van der Waals surface area contributed by atoms with Crippen LogP contribution in [-0.4, -0.2) is 27.5 Å². The molecule has 6 nitrogen and oxygen atoms in total. The number of nitrogens with one attached hydrogen (secondary N) is 1. The second-order valence-corrected chi connectivity index (χ2v) is 5.60. The van der Waals surface area contributed by atoms with Crippen molar-refractivity contribution < 1.29 is 9.53 Å². The van der Waals surface area contributed by atoms with Crippen LogP contribution in [0.3, 0.4) is 0 Å². The van der Waals surface area contributed by atoms with Crippen molar-refractivity contribution in [2.75, 3.05) is 11.9 Å². The fraction of sp³-hybridized carbons (Fsp3) is 0.200.